The summed E-state index contributed by atoms with van der Waals surface area (Å²) in [6.07, 6.45) is 8.27. The molecule has 2 aromatic carbocycles. The Bertz CT molecular complexity index is 941. The Morgan fingerprint density at radius 2 is 1.44 bits per heavy atom. The first-order valence-corrected chi connectivity index (χ1v) is 9.58. The molecule has 0 aromatic heterocycles. The smallest absolute Gasteiger partial charge is 0.194 e. The predicted octanol–water partition coefficient (Wildman–Crippen LogP) is 6.09. The van der Waals surface area contributed by atoms with Crippen LogP contribution < -0.4 is 0 Å². The Labute approximate surface area is 161 Å². The molecule has 0 fully saturated rings. The van der Waals surface area contributed by atoms with E-state index in [1.807, 2.05) is 24.3 Å². The van der Waals surface area contributed by atoms with Crippen molar-refractivity contribution in [2.45, 2.75) is 46.5 Å². The van der Waals surface area contributed by atoms with Crippen LogP contribution in [0.1, 0.15) is 77.4 Å². The van der Waals surface area contributed by atoms with Gasteiger partial charge >= 0.3 is 0 Å². The van der Waals surface area contributed by atoms with E-state index < -0.39 is 0 Å². The van der Waals surface area contributed by atoms with Gasteiger partial charge < -0.3 is 0 Å². The minimum atomic E-state index is -0.0458. The summed E-state index contributed by atoms with van der Waals surface area (Å²) in [7, 11) is 0. The molecule has 1 aliphatic carbocycles. The summed E-state index contributed by atoms with van der Waals surface area (Å²) < 4.78 is 0. The summed E-state index contributed by atoms with van der Waals surface area (Å²) in [6, 6.07) is 12.8. The van der Waals surface area contributed by atoms with Crippen molar-refractivity contribution in [3.05, 3.63) is 93.6 Å². The average molecular weight is 358 g/mol. The van der Waals surface area contributed by atoms with Crippen molar-refractivity contribution in [3.8, 4) is 0 Å². The minimum absolute atomic E-state index is 0.0277. The van der Waals surface area contributed by atoms with Gasteiger partial charge in [-0.05, 0) is 52.0 Å². The van der Waals surface area contributed by atoms with Crippen LogP contribution in [0.25, 0.3) is 0 Å². The molecule has 0 radical (unpaired) electrons. The molecular weight excluding hydrogens is 332 g/mol. The Hall–Kier alpha value is -2.74. The average Bonchev–Trinajstić information content (AvgIpc) is 2.65. The van der Waals surface area contributed by atoms with Crippen molar-refractivity contribution in [2.24, 2.45) is 0 Å². The Balaban J connectivity index is 1.78. The molecule has 2 nitrogen and oxygen atoms in total. The van der Waals surface area contributed by atoms with Crippen LogP contribution >= 0.6 is 0 Å². The van der Waals surface area contributed by atoms with Crippen LogP contribution in [0.5, 0.6) is 0 Å². The first-order chi connectivity index (χ1) is 13.0. The molecule has 0 bridgehead atoms. The molecule has 1 aliphatic rings. The number of fused-ring (bicyclic) bond motifs is 2. The number of hydrogen-bond donors (Lipinski definition) is 0. The van der Waals surface area contributed by atoms with E-state index in [-0.39, 0.29) is 11.6 Å². The molecule has 2 aromatic rings. The summed E-state index contributed by atoms with van der Waals surface area (Å²) in [5.41, 5.74) is 5.86. The van der Waals surface area contributed by atoms with Gasteiger partial charge in [-0.15, -0.1) is 0 Å². The van der Waals surface area contributed by atoms with Gasteiger partial charge in [0.25, 0.3) is 0 Å². The van der Waals surface area contributed by atoms with E-state index in [0.717, 1.165) is 31.2 Å². The lowest BCUT2D eigenvalue weighted by atomic mass is 9.81. The summed E-state index contributed by atoms with van der Waals surface area (Å²) in [5, 5.41) is 0. The molecule has 0 unspecified atom stereocenters. The summed E-state index contributed by atoms with van der Waals surface area (Å²) in [4.78, 5) is 25.8. The lowest BCUT2D eigenvalue weighted by Crippen LogP contribution is -2.22. The van der Waals surface area contributed by atoms with Crippen LogP contribution in [0.2, 0.25) is 0 Å². The molecule has 0 N–H and O–H groups in total. The van der Waals surface area contributed by atoms with Gasteiger partial charge in [0.1, 0.15) is 0 Å². The predicted molar refractivity (Wildman–Crippen MR) is 110 cm³/mol. The van der Waals surface area contributed by atoms with E-state index in [9.17, 15) is 9.59 Å². The van der Waals surface area contributed by atoms with Crippen molar-refractivity contribution in [1.29, 1.82) is 0 Å². The van der Waals surface area contributed by atoms with Crippen LogP contribution in [-0.4, -0.2) is 11.6 Å². The van der Waals surface area contributed by atoms with E-state index >= 15 is 0 Å². The number of ketones is 2. The van der Waals surface area contributed by atoms with Gasteiger partial charge in [-0.3, -0.25) is 9.59 Å². The maximum atomic E-state index is 13.0. The summed E-state index contributed by atoms with van der Waals surface area (Å²) >= 11 is 0. The van der Waals surface area contributed by atoms with Crippen LogP contribution in [0, 0.1) is 0 Å². The first-order valence-electron chi connectivity index (χ1n) is 9.58. The number of allylic oxidation sites excluding steroid dienone is 4. The maximum absolute atomic E-state index is 13.0. The number of hydrogen-bond acceptors (Lipinski definition) is 2. The lowest BCUT2D eigenvalue weighted by Gasteiger charge is -2.20. The summed E-state index contributed by atoms with van der Waals surface area (Å²) in [5.74, 6) is -0.0736. The molecule has 3 rings (SSSR count). The molecule has 0 aliphatic heterocycles. The molecule has 0 spiro atoms. The monoisotopic (exact) mass is 358 g/mol. The van der Waals surface area contributed by atoms with E-state index in [1.54, 1.807) is 18.2 Å². The topological polar surface area (TPSA) is 34.1 Å². The molecular formula is C25H26O2. The molecule has 0 saturated carbocycles. The van der Waals surface area contributed by atoms with Crippen molar-refractivity contribution < 1.29 is 9.59 Å². The lowest BCUT2D eigenvalue weighted by molar-refractivity contribution is 0.0978. The van der Waals surface area contributed by atoms with Crippen LogP contribution in [-0.2, 0) is 6.42 Å². The highest BCUT2D eigenvalue weighted by molar-refractivity contribution is 6.28. The van der Waals surface area contributed by atoms with Gasteiger partial charge in [0, 0.05) is 22.3 Å². The maximum Gasteiger partial charge on any atom is 0.194 e. The highest BCUT2D eigenvalue weighted by Crippen LogP contribution is 2.30. The van der Waals surface area contributed by atoms with Gasteiger partial charge in [0.15, 0.2) is 11.6 Å². The van der Waals surface area contributed by atoms with Crippen molar-refractivity contribution in [2.75, 3.05) is 0 Å². The highest BCUT2D eigenvalue weighted by atomic mass is 16.1. The van der Waals surface area contributed by atoms with Gasteiger partial charge in [-0.1, -0.05) is 65.8 Å². The minimum Gasteiger partial charge on any atom is -0.289 e. The zero-order valence-electron chi connectivity index (χ0n) is 16.3. The van der Waals surface area contributed by atoms with E-state index in [1.165, 1.54) is 11.1 Å². The third-order valence-corrected chi connectivity index (χ3v) is 5.04. The van der Waals surface area contributed by atoms with Gasteiger partial charge in [0.2, 0.25) is 0 Å². The number of benzene rings is 2. The fraction of sp³-hybridized carbons (Fsp3) is 0.280. The first kappa shape index (κ1) is 19.0. The zero-order valence-corrected chi connectivity index (χ0v) is 16.3. The Morgan fingerprint density at radius 1 is 0.778 bits per heavy atom. The van der Waals surface area contributed by atoms with Gasteiger partial charge in [-0.2, -0.15) is 0 Å². The number of carbonyl (C=O) groups excluding carboxylic acids is 2. The Kier molecular flexibility index (Phi) is 5.85. The molecule has 0 heterocycles. The molecule has 2 heteroatoms. The second-order valence-electron chi connectivity index (χ2n) is 7.45. The van der Waals surface area contributed by atoms with Crippen molar-refractivity contribution in [1.82, 2.24) is 0 Å². The van der Waals surface area contributed by atoms with Gasteiger partial charge in [0.05, 0.1) is 0 Å². The van der Waals surface area contributed by atoms with E-state index in [0.29, 0.717) is 22.3 Å². The number of carbonyl (C=O) groups is 2. The molecule has 0 amide bonds. The molecule has 27 heavy (non-hydrogen) atoms. The second kappa shape index (κ2) is 8.30. The Morgan fingerprint density at radius 3 is 2.15 bits per heavy atom. The third-order valence-electron chi connectivity index (χ3n) is 5.04. The SMILES string of the molecule is CC(C)=CCCC(C)=CCCc1cccc2c1C(=O)c1ccccc1C2=O. The van der Waals surface area contributed by atoms with Crippen LogP contribution in [0.3, 0.4) is 0 Å². The second-order valence-corrected chi connectivity index (χ2v) is 7.45. The van der Waals surface area contributed by atoms with Crippen molar-refractivity contribution >= 4 is 11.6 Å². The normalized spacial score (nSPS) is 13.2. The van der Waals surface area contributed by atoms with Crippen LogP contribution in [0.15, 0.2) is 65.8 Å². The van der Waals surface area contributed by atoms with Crippen molar-refractivity contribution in [3.63, 3.8) is 0 Å². The van der Waals surface area contributed by atoms with Gasteiger partial charge in [-0.25, -0.2) is 0 Å². The molecule has 0 atom stereocenters. The van der Waals surface area contributed by atoms with Crippen LogP contribution in [0.4, 0.5) is 0 Å². The number of aryl methyl sites for hydroxylation is 1. The molecule has 138 valence electrons. The standard InChI is InChI=1S/C25H26O2/c1-17(2)9-6-10-18(3)11-7-12-19-13-8-16-22-23(19)25(27)21-15-5-4-14-20(21)24(22)26/h4-5,8-9,11,13-16H,6-7,10,12H2,1-3H3. The quantitative estimate of drug-likeness (QED) is 0.500. The highest BCUT2D eigenvalue weighted by Gasteiger charge is 2.30. The van der Waals surface area contributed by atoms with E-state index in [2.05, 4.69) is 32.9 Å². The number of rotatable bonds is 6. The fourth-order valence-corrected chi connectivity index (χ4v) is 3.59. The fourth-order valence-electron chi connectivity index (χ4n) is 3.59. The third kappa shape index (κ3) is 4.16. The zero-order chi connectivity index (χ0) is 19.4. The van der Waals surface area contributed by atoms with E-state index in [4.69, 9.17) is 0 Å². The molecule has 0 saturated heterocycles. The summed E-state index contributed by atoms with van der Waals surface area (Å²) in [6.45, 7) is 6.40. The largest absolute Gasteiger partial charge is 0.289 e.